The van der Waals surface area contributed by atoms with Crippen LogP contribution >= 0.6 is 11.8 Å². The van der Waals surface area contributed by atoms with Crippen LogP contribution in [0.25, 0.3) is 10.9 Å². The minimum atomic E-state index is -0.619. The van der Waals surface area contributed by atoms with Crippen molar-refractivity contribution in [3.05, 3.63) is 36.0 Å². The molecule has 0 aliphatic heterocycles. The van der Waals surface area contributed by atoms with Gasteiger partial charge in [0.15, 0.2) is 5.82 Å². The van der Waals surface area contributed by atoms with Gasteiger partial charge < -0.3 is 5.32 Å². The van der Waals surface area contributed by atoms with Gasteiger partial charge in [-0.15, -0.1) is 0 Å². The lowest BCUT2D eigenvalue weighted by atomic mass is 9.84. The summed E-state index contributed by atoms with van der Waals surface area (Å²) in [5, 5.41) is 3.84. The molecule has 0 spiro atoms. The number of hydrogen-bond acceptors (Lipinski definition) is 3. The second-order valence-corrected chi connectivity index (χ2v) is 6.51. The number of halogens is 2. The second kappa shape index (κ2) is 5.20. The van der Waals surface area contributed by atoms with Gasteiger partial charge in [0.25, 0.3) is 0 Å². The molecule has 106 valence electrons. The van der Waals surface area contributed by atoms with Gasteiger partial charge in [-0.1, -0.05) is 6.42 Å². The number of hydrogen-bond donors (Lipinski definition) is 1. The first-order valence-corrected chi connectivity index (χ1v) is 7.89. The normalized spacial score (nSPS) is 16.9. The third kappa shape index (κ3) is 2.35. The zero-order chi connectivity index (χ0) is 14.2. The number of pyridine rings is 1. The lowest BCUT2D eigenvalue weighted by Gasteiger charge is -2.40. The van der Waals surface area contributed by atoms with Crippen LogP contribution in [0.5, 0.6) is 0 Å². The first-order chi connectivity index (χ1) is 9.63. The Morgan fingerprint density at radius 2 is 2.15 bits per heavy atom. The average molecular weight is 294 g/mol. The molecule has 2 nitrogen and oxygen atoms in total. The maximum atomic E-state index is 13.7. The van der Waals surface area contributed by atoms with Crippen molar-refractivity contribution in [3.8, 4) is 0 Å². The molecule has 3 rings (SSSR count). The van der Waals surface area contributed by atoms with Gasteiger partial charge in [-0.05, 0) is 31.2 Å². The first kappa shape index (κ1) is 13.6. The highest BCUT2D eigenvalue weighted by Gasteiger charge is 2.35. The lowest BCUT2D eigenvalue weighted by Crippen LogP contribution is -2.40. The molecular weight excluding hydrogens is 278 g/mol. The highest BCUT2D eigenvalue weighted by Crippen LogP contribution is 2.43. The summed E-state index contributed by atoms with van der Waals surface area (Å²) in [5.74, 6) is -1.19. The molecule has 2 aromatic rings. The first-order valence-electron chi connectivity index (χ1n) is 6.66. The zero-order valence-corrected chi connectivity index (χ0v) is 12.1. The average Bonchev–Trinajstić information content (AvgIpc) is 2.38. The fourth-order valence-corrected chi connectivity index (χ4v) is 3.53. The van der Waals surface area contributed by atoms with Crippen LogP contribution in [0.1, 0.15) is 19.3 Å². The molecule has 1 N–H and O–H groups in total. The van der Waals surface area contributed by atoms with E-state index in [0.29, 0.717) is 5.39 Å². The predicted molar refractivity (Wildman–Crippen MR) is 80.2 cm³/mol. The SMILES string of the molecule is CSC1(CNc2ccnc3c(F)cc(F)cc23)CCC1. The van der Waals surface area contributed by atoms with Crippen LogP contribution in [0.2, 0.25) is 0 Å². The second-order valence-electron chi connectivity index (χ2n) is 5.24. The van der Waals surface area contributed by atoms with Gasteiger partial charge in [0.2, 0.25) is 0 Å². The number of nitrogens with zero attached hydrogens (tertiary/aromatic N) is 1. The van der Waals surface area contributed by atoms with Gasteiger partial charge in [0.05, 0.1) is 0 Å². The molecule has 20 heavy (non-hydrogen) atoms. The minimum Gasteiger partial charge on any atom is -0.383 e. The fourth-order valence-electron chi connectivity index (χ4n) is 2.61. The molecule has 1 fully saturated rings. The molecule has 5 heteroatoms. The highest BCUT2D eigenvalue weighted by molar-refractivity contribution is 8.00. The van der Waals surface area contributed by atoms with E-state index >= 15 is 0 Å². The molecule has 1 aliphatic carbocycles. The lowest BCUT2D eigenvalue weighted by molar-refractivity contribution is 0.380. The molecule has 1 aromatic carbocycles. The number of anilines is 1. The van der Waals surface area contributed by atoms with Crippen molar-refractivity contribution in [2.75, 3.05) is 18.1 Å². The van der Waals surface area contributed by atoms with E-state index in [1.54, 1.807) is 12.3 Å². The molecule has 1 heterocycles. The van der Waals surface area contributed by atoms with E-state index in [1.807, 2.05) is 11.8 Å². The van der Waals surface area contributed by atoms with Gasteiger partial charge in [0.1, 0.15) is 11.3 Å². The number of benzene rings is 1. The number of rotatable bonds is 4. The quantitative estimate of drug-likeness (QED) is 0.914. The van der Waals surface area contributed by atoms with Crippen LogP contribution in [0.4, 0.5) is 14.5 Å². The molecule has 0 saturated heterocycles. The van der Waals surface area contributed by atoms with E-state index in [-0.39, 0.29) is 10.3 Å². The number of nitrogens with one attached hydrogen (secondary N) is 1. The summed E-state index contributed by atoms with van der Waals surface area (Å²) < 4.78 is 27.4. The fraction of sp³-hybridized carbons (Fsp3) is 0.400. The summed E-state index contributed by atoms with van der Waals surface area (Å²) in [6, 6.07) is 3.97. The van der Waals surface area contributed by atoms with E-state index in [9.17, 15) is 8.78 Å². The smallest absolute Gasteiger partial charge is 0.152 e. The van der Waals surface area contributed by atoms with Gasteiger partial charge in [-0.2, -0.15) is 11.8 Å². The van der Waals surface area contributed by atoms with Gasteiger partial charge in [-0.25, -0.2) is 8.78 Å². The number of thioether (sulfide) groups is 1. The van der Waals surface area contributed by atoms with Crippen LogP contribution in [-0.4, -0.2) is 22.5 Å². The Kier molecular flexibility index (Phi) is 3.54. The van der Waals surface area contributed by atoms with E-state index in [4.69, 9.17) is 0 Å². The maximum absolute atomic E-state index is 13.7. The monoisotopic (exact) mass is 294 g/mol. The highest BCUT2D eigenvalue weighted by atomic mass is 32.2. The molecule has 0 amide bonds. The van der Waals surface area contributed by atoms with Crippen molar-refractivity contribution in [2.24, 2.45) is 0 Å². The minimum absolute atomic E-state index is 0.211. The maximum Gasteiger partial charge on any atom is 0.152 e. The standard InChI is InChI=1S/C15H16F2N2S/c1-20-15(4-2-5-15)9-19-13-3-6-18-14-11(13)7-10(16)8-12(14)17/h3,6-8H,2,4-5,9H2,1H3,(H,18,19). The third-order valence-corrected chi connectivity index (χ3v) is 5.48. The molecule has 1 aromatic heterocycles. The largest absolute Gasteiger partial charge is 0.383 e. The Morgan fingerprint density at radius 1 is 1.35 bits per heavy atom. The van der Waals surface area contributed by atoms with Crippen LogP contribution in [0, 0.1) is 11.6 Å². The van der Waals surface area contributed by atoms with Crippen molar-refractivity contribution >= 4 is 28.4 Å². The molecule has 1 saturated carbocycles. The van der Waals surface area contributed by atoms with E-state index in [0.717, 1.165) is 18.3 Å². The summed E-state index contributed by atoms with van der Waals surface area (Å²) in [4.78, 5) is 3.99. The third-order valence-electron chi connectivity index (χ3n) is 4.06. The van der Waals surface area contributed by atoms with Crippen molar-refractivity contribution in [2.45, 2.75) is 24.0 Å². The summed E-state index contributed by atoms with van der Waals surface area (Å²) in [6.07, 6.45) is 7.30. The molecular formula is C15H16F2N2S. The number of aromatic nitrogens is 1. The summed E-state index contributed by atoms with van der Waals surface area (Å²) >= 11 is 1.86. The molecule has 0 atom stereocenters. The van der Waals surface area contributed by atoms with Crippen molar-refractivity contribution in [1.29, 1.82) is 0 Å². The van der Waals surface area contributed by atoms with E-state index in [2.05, 4.69) is 16.6 Å². The summed E-state index contributed by atoms with van der Waals surface area (Å²) in [5.41, 5.74) is 0.955. The van der Waals surface area contributed by atoms with Crippen LogP contribution < -0.4 is 5.32 Å². The van der Waals surface area contributed by atoms with Crippen molar-refractivity contribution in [1.82, 2.24) is 4.98 Å². The Labute approximate surface area is 121 Å². The Morgan fingerprint density at radius 3 is 2.80 bits per heavy atom. The van der Waals surface area contributed by atoms with Crippen LogP contribution in [-0.2, 0) is 0 Å². The van der Waals surface area contributed by atoms with Gasteiger partial charge in [-0.3, -0.25) is 4.98 Å². The molecule has 0 unspecified atom stereocenters. The Balaban J connectivity index is 1.91. The topological polar surface area (TPSA) is 24.9 Å². The molecule has 0 radical (unpaired) electrons. The van der Waals surface area contributed by atoms with Crippen LogP contribution in [0.3, 0.4) is 0 Å². The summed E-state index contributed by atoms with van der Waals surface area (Å²) in [7, 11) is 0. The summed E-state index contributed by atoms with van der Waals surface area (Å²) in [6.45, 7) is 0.811. The van der Waals surface area contributed by atoms with Crippen LogP contribution in [0.15, 0.2) is 24.4 Å². The van der Waals surface area contributed by atoms with Gasteiger partial charge in [0, 0.05) is 34.6 Å². The van der Waals surface area contributed by atoms with E-state index < -0.39 is 11.6 Å². The zero-order valence-electron chi connectivity index (χ0n) is 11.2. The predicted octanol–water partition coefficient (Wildman–Crippen LogP) is 4.21. The van der Waals surface area contributed by atoms with E-state index in [1.165, 1.54) is 25.3 Å². The number of fused-ring (bicyclic) bond motifs is 1. The molecule has 1 aliphatic rings. The van der Waals surface area contributed by atoms with Crippen molar-refractivity contribution in [3.63, 3.8) is 0 Å². The Hall–Kier alpha value is -1.36. The molecule has 0 bridgehead atoms. The van der Waals surface area contributed by atoms with Gasteiger partial charge >= 0.3 is 0 Å². The Bertz CT molecular complexity index is 636. The van der Waals surface area contributed by atoms with Crippen molar-refractivity contribution < 1.29 is 8.78 Å².